The number of H-pyrrole nitrogens is 1. The molecular formula is C20H23FN10O8P2S3. The molecule has 7 rings (SSSR count). The molecule has 236 valence electrons. The van der Waals surface area contributed by atoms with Crippen LogP contribution in [0.4, 0.5) is 16.2 Å². The molecule has 24 heteroatoms. The number of imidazole rings is 2. The first-order valence-electron chi connectivity index (χ1n) is 12.8. The third kappa shape index (κ3) is 5.33. The van der Waals surface area contributed by atoms with E-state index in [1.54, 1.807) is 4.57 Å². The molecule has 2 unspecified atom stereocenters. The molecule has 18 nitrogen and oxygen atoms in total. The van der Waals surface area contributed by atoms with Crippen molar-refractivity contribution >= 4 is 83.9 Å². The Balaban J connectivity index is 1.21. The molecular weight excluding hydrogens is 685 g/mol. The lowest BCUT2D eigenvalue weighted by Crippen LogP contribution is -2.44. The van der Waals surface area contributed by atoms with Crippen LogP contribution in [0.15, 0.2) is 23.8 Å². The highest BCUT2D eigenvalue weighted by Gasteiger charge is 2.57. The normalized spacial score (nSPS) is 36.6. The summed E-state index contributed by atoms with van der Waals surface area (Å²) in [6.45, 7) is -9.81. The van der Waals surface area contributed by atoms with Gasteiger partial charge in [-0.15, -0.1) is 11.8 Å². The summed E-state index contributed by atoms with van der Waals surface area (Å²) in [7, 11) is 0. The van der Waals surface area contributed by atoms with Crippen LogP contribution in [0.2, 0.25) is 0 Å². The summed E-state index contributed by atoms with van der Waals surface area (Å²) in [4.78, 5) is 35.1. The third-order valence-corrected chi connectivity index (χ3v) is 12.0. The van der Waals surface area contributed by atoms with Gasteiger partial charge in [0.05, 0.1) is 32.0 Å². The zero-order valence-electron chi connectivity index (χ0n) is 22.1. The van der Waals surface area contributed by atoms with E-state index in [1.807, 2.05) is 0 Å². The maximum Gasteiger partial charge on any atom is 0.386 e. The lowest BCUT2D eigenvalue weighted by atomic mass is 10.1. The number of anilines is 2. The highest BCUT2D eigenvalue weighted by atomic mass is 32.7. The Kier molecular flexibility index (Phi) is 7.55. The van der Waals surface area contributed by atoms with Gasteiger partial charge < -0.3 is 16.2 Å². The van der Waals surface area contributed by atoms with Crippen LogP contribution in [0.5, 0.6) is 0 Å². The Morgan fingerprint density at radius 1 is 1.02 bits per heavy atom. The monoisotopic (exact) mass is 708 g/mol. The first kappa shape index (κ1) is 30.4. The fraction of sp³-hybridized carbons (Fsp3) is 0.500. The maximum absolute atomic E-state index is 16.9. The summed E-state index contributed by atoms with van der Waals surface area (Å²) in [5.74, 6) is -2.66. The molecule has 0 aliphatic carbocycles. The molecule has 0 saturated carbocycles. The number of aromatic amines is 1. The van der Waals surface area contributed by atoms with Crippen LogP contribution in [-0.4, -0.2) is 82.4 Å². The summed E-state index contributed by atoms with van der Waals surface area (Å²) in [6, 6.07) is 0. The molecule has 44 heavy (non-hydrogen) atoms. The number of aromatic nitrogens is 8. The van der Waals surface area contributed by atoms with Gasteiger partial charge in [-0.3, -0.25) is 37.0 Å². The van der Waals surface area contributed by atoms with Gasteiger partial charge in [0, 0.05) is 5.25 Å². The highest BCUT2D eigenvalue weighted by molar-refractivity contribution is 8.44. The van der Waals surface area contributed by atoms with E-state index in [0.717, 1.165) is 17.2 Å². The lowest BCUT2D eigenvalue weighted by molar-refractivity contribution is -0.0334. The van der Waals surface area contributed by atoms with Gasteiger partial charge in [0.15, 0.2) is 28.7 Å². The van der Waals surface area contributed by atoms with Gasteiger partial charge in [0.1, 0.15) is 29.9 Å². The topological polar surface area (TPSA) is 240 Å². The summed E-state index contributed by atoms with van der Waals surface area (Å²) in [5, 5.41) is -1.10. The molecule has 4 aromatic rings. The summed E-state index contributed by atoms with van der Waals surface area (Å²) in [5.41, 5.74) is 11.4. The highest BCUT2D eigenvalue weighted by Crippen LogP contribution is 2.62. The third-order valence-electron chi connectivity index (χ3n) is 7.25. The number of alkyl halides is 1. The average Bonchev–Trinajstić information content (AvgIpc) is 3.72. The van der Waals surface area contributed by atoms with Crippen LogP contribution in [-0.2, 0) is 37.8 Å². The van der Waals surface area contributed by atoms with Crippen LogP contribution in [0.1, 0.15) is 11.8 Å². The molecule has 8 atom stereocenters. The Hall–Kier alpha value is -2.26. The molecule has 7 heterocycles. The number of nitrogens with two attached hydrogens (primary N) is 2. The Labute approximate surface area is 260 Å². The number of nitrogens with zero attached hydrogens (tertiary/aromatic N) is 7. The van der Waals surface area contributed by atoms with Crippen molar-refractivity contribution in [3.8, 4) is 0 Å². The quantitative estimate of drug-likeness (QED) is 0.148. The molecule has 0 amide bonds. The number of rotatable bonds is 2. The molecule has 0 spiro atoms. The maximum atomic E-state index is 16.9. The largest absolute Gasteiger partial charge is 0.386 e. The summed E-state index contributed by atoms with van der Waals surface area (Å²) in [6.07, 6.45) is 0.0455. The first-order chi connectivity index (χ1) is 20.8. The predicted octanol–water partition coefficient (Wildman–Crippen LogP) is 2.04. The van der Waals surface area contributed by atoms with E-state index in [4.69, 9.17) is 34.3 Å². The van der Waals surface area contributed by atoms with Crippen molar-refractivity contribution in [3.63, 3.8) is 0 Å². The van der Waals surface area contributed by atoms with E-state index in [9.17, 15) is 13.9 Å². The van der Waals surface area contributed by atoms with E-state index in [1.165, 1.54) is 18.1 Å². The Bertz CT molecular complexity index is 1930. The molecule has 2 bridgehead atoms. The zero-order valence-corrected chi connectivity index (χ0v) is 26.5. The standard InChI is InChI=1S/C20H23FN10O8P2S3/c21-20(31-7-27-11-14(22)24-5-25-15(11)31)4-35-10-3-37-40(33,42)38-9-1-8(2-36-41(34,43)39-13(10)20)44-18(9)30-6-26-12-16(30)28-19(23)29-17(12)32/h5-10,13,18H,1-4H2,(H,33,42)(H,34,43)(H2,22,24,25)(H3,23,28,29,32)/t8-,9+,10+,13+,18+,20+,40?,41?/m0/s1. The number of nitrogens with one attached hydrogen (secondary N) is 1. The second-order valence-corrected chi connectivity index (χ2v) is 17.2. The molecule has 3 fully saturated rings. The van der Waals surface area contributed by atoms with E-state index in [0.29, 0.717) is 0 Å². The first-order valence-corrected chi connectivity index (χ1v) is 19.1. The smallest absolute Gasteiger partial charge is 0.382 e. The second-order valence-electron chi connectivity index (χ2n) is 10.1. The molecule has 3 aliphatic heterocycles. The van der Waals surface area contributed by atoms with Crippen LogP contribution in [0.25, 0.3) is 22.3 Å². The van der Waals surface area contributed by atoms with Gasteiger partial charge in [-0.2, -0.15) is 4.98 Å². The van der Waals surface area contributed by atoms with Crippen molar-refractivity contribution < 1.29 is 36.4 Å². The minimum Gasteiger partial charge on any atom is -0.382 e. The van der Waals surface area contributed by atoms with Crippen molar-refractivity contribution in [2.24, 2.45) is 0 Å². The second kappa shape index (κ2) is 10.9. The minimum absolute atomic E-state index is 0.0176. The minimum atomic E-state index is -4.28. The molecule has 3 saturated heterocycles. The van der Waals surface area contributed by atoms with Gasteiger partial charge >= 0.3 is 13.6 Å². The van der Waals surface area contributed by atoms with Gasteiger partial charge in [-0.25, -0.2) is 33.5 Å². The van der Waals surface area contributed by atoms with E-state index in [2.05, 4.69) is 54.4 Å². The predicted molar refractivity (Wildman–Crippen MR) is 161 cm³/mol. The van der Waals surface area contributed by atoms with Crippen molar-refractivity contribution in [2.45, 2.75) is 41.1 Å². The Morgan fingerprint density at radius 2 is 1.77 bits per heavy atom. The lowest BCUT2D eigenvalue weighted by Gasteiger charge is -2.31. The number of halogens is 1. The van der Waals surface area contributed by atoms with E-state index >= 15 is 4.39 Å². The van der Waals surface area contributed by atoms with E-state index in [-0.39, 0.29) is 47.1 Å². The van der Waals surface area contributed by atoms with Crippen molar-refractivity contribution in [1.82, 2.24) is 39.0 Å². The van der Waals surface area contributed by atoms with Gasteiger partial charge in [-0.1, -0.05) is 24.5 Å². The molecule has 5 N–H and O–H groups in total. The number of thiol groups is 2. The number of ether oxygens (including phenoxy) is 1. The average molecular weight is 709 g/mol. The number of nitrogen functional groups attached to an aromatic ring is 2. The van der Waals surface area contributed by atoms with Gasteiger partial charge in [-0.05, 0) is 6.42 Å². The summed E-state index contributed by atoms with van der Waals surface area (Å²) >= 11 is 9.55. The number of hydrogen-bond donors (Lipinski definition) is 5. The van der Waals surface area contributed by atoms with Crippen LogP contribution in [0, 0.1) is 0 Å². The molecule has 0 aromatic carbocycles. The van der Waals surface area contributed by atoms with E-state index < -0.39 is 67.1 Å². The Morgan fingerprint density at radius 3 is 2.59 bits per heavy atom. The van der Waals surface area contributed by atoms with Crippen molar-refractivity contribution in [3.05, 3.63) is 29.3 Å². The molecule has 0 radical (unpaired) electrons. The van der Waals surface area contributed by atoms with Gasteiger partial charge in [0.2, 0.25) is 11.7 Å². The van der Waals surface area contributed by atoms with Gasteiger partial charge in [0.25, 0.3) is 5.56 Å². The van der Waals surface area contributed by atoms with Crippen molar-refractivity contribution in [2.75, 3.05) is 31.3 Å². The number of fused-ring (bicyclic) bond motifs is 5. The van der Waals surface area contributed by atoms with Crippen LogP contribution in [0.3, 0.4) is 0 Å². The van der Waals surface area contributed by atoms with Crippen molar-refractivity contribution in [1.29, 1.82) is 0 Å². The summed E-state index contributed by atoms with van der Waals surface area (Å²) < 4.78 is 75.0. The number of hydrogen-bond acceptors (Lipinski definition) is 16. The number of thioether (sulfide) groups is 1. The molecule has 3 aliphatic rings. The SMILES string of the molecule is Nc1nc2c(ncn2[C@@H]2S[C@@H]3COP(=O)(S)O[C@@H]4[C@@H](COP(=O)(S)O[C@@H]2C3)OC[C@@]4(F)n2cnc3c(N)ncnc32)c(=O)[nH]1. The van der Waals surface area contributed by atoms with Crippen LogP contribution >= 0.6 is 49.9 Å². The fourth-order valence-electron chi connectivity index (χ4n) is 5.31. The fourth-order valence-corrected chi connectivity index (χ4v) is 9.98. The molecule has 4 aromatic heterocycles. The zero-order chi connectivity index (χ0) is 31.0. The van der Waals surface area contributed by atoms with Crippen LogP contribution < -0.4 is 17.0 Å².